The first-order chi connectivity index (χ1) is 8.16. The maximum atomic E-state index is 6.05. The number of nitrogen functional groups attached to an aromatic ring is 1. The molecular weight excluding hydrogens is 263 g/mol. The number of anilines is 2. The third-order valence-electron chi connectivity index (χ3n) is 2.46. The second-order valence-corrected chi connectivity index (χ2v) is 4.62. The van der Waals surface area contributed by atoms with E-state index in [9.17, 15) is 0 Å². The zero-order valence-electron chi connectivity index (χ0n) is 9.21. The number of hydrogen-bond acceptors (Lipinski definition) is 4. The van der Waals surface area contributed by atoms with E-state index in [-0.39, 0.29) is 6.10 Å². The van der Waals surface area contributed by atoms with Gasteiger partial charge in [0.1, 0.15) is 0 Å². The Morgan fingerprint density at radius 1 is 1.29 bits per heavy atom. The highest BCUT2D eigenvalue weighted by Crippen LogP contribution is 2.32. The molecule has 0 amide bonds. The van der Waals surface area contributed by atoms with Crippen molar-refractivity contribution in [1.29, 1.82) is 0 Å². The third kappa shape index (κ3) is 3.39. The lowest BCUT2D eigenvalue weighted by molar-refractivity contribution is -0.0818. The van der Waals surface area contributed by atoms with Crippen LogP contribution >= 0.6 is 23.2 Å². The highest BCUT2D eigenvalue weighted by molar-refractivity contribution is 6.39. The summed E-state index contributed by atoms with van der Waals surface area (Å²) < 4.78 is 10.8. The summed E-state index contributed by atoms with van der Waals surface area (Å²) >= 11 is 12.1. The van der Waals surface area contributed by atoms with Gasteiger partial charge in [0.2, 0.25) is 0 Å². The van der Waals surface area contributed by atoms with Gasteiger partial charge in [-0.1, -0.05) is 23.2 Å². The normalized spacial score (nSPS) is 20.2. The molecule has 0 bridgehead atoms. The van der Waals surface area contributed by atoms with Gasteiger partial charge in [0.15, 0.2) is 0 Å². The predicted molar refractivity (Wildman–Crippen MR) is 69.9 cm³/mol. The van der Waals surface area contributed by atoms with Gasteiger partial charge in [-0.15, -0.1) is 0 Å². The first-order valence-electron chi connectivity index (χ1n) is 5.34. The molecule has 94 valence electrons. The summed E-state index contributed by atoms with van der Waals surface area (Å²) in [5.41, 5.74) is 6.85. The van der Waals surface area contributed by atoms with Gasteiger partial charge in [-0.3, -0.25) is 0 Å². The van der Waals surface area contributed by atoms with E-state index in [4.69, 9.17) is 38.4 Å². The van der Waals surface area contributed by atoms with Gasteiger partial charge in [0, 0.05) is 12.2 Å². The van der Waals surface area contributed by atoms with Gasteiger partial charge >= 0.3 is 0 Å². The van der Waals surface area contributed by atoms with E-state index < -0.39 is 0 Å². The lowest BCUT2D eigenvalue weighted by Crippen LogP contribution is -2.34. The van der Waals surface area contributed by atoms with Crippen LogP contribution in [0.4, 0.5) is 11.4 Å². The van der Waals surface area contributed by atoms with Crippen molar-refractivity contribution in [2.75, 3.05) is 37.4 Å². The molecule has 0 saturated carbocycles. The van der Waals surface area contributed by atoms with E-state index in [0.717, 1.165) is 0 Å². The molecule has 1 aromatic carbocycles. The second-order valence-electron chi connectivity index (χ2n) is 3.81. The van der Waals surface area contributed by atoms with Crippen molar-refractivity contribution in [2.45, 2.75) is 6.10 Å². The van der Waals surface area contributed by atoms with Gasteiger partial charge in [-0.25, -0.2) is 0 Å². The molecule has 4 nitrogen and oxygen atoms in total. The zero-order chi connectivity index (χ0) is 12.3. The van der Waals surface area contributed by atoms with Crippen LogP contribution in [0.5, 0.6) is 0 Å². The molecule has 1 unspecified atom stereocenters. The number of benzene rings is 1. The Balaban J connectivity index is 1.98. The number of ether oxygens (including phenoxy) is 2. The molecule has 0 aromatic heterocycles. The lowest BCUT2D eigenvalue weighted by atomic mass is 10.2. The topological polar surface area (TPSA) is 56.5 Å². The van der Waals surface area contributed by atoms with Crippen LogP contribution in [0.2, 0.25) is 10.0 Å². The Morgan fingerprint density at radius 3 is 2.59 bits per heavy atom. The molecule has 0 spiro atoms. The Kier molecular flexibility index (Phi) is 4.34. The summed E-state index contributed by atoms with van der Waals surface area (Å²) in [4.78, 5) is 0. The fraction of sp³-hybridized carbons (Fsp3) is 0.455. The molecule has 3 N–H and O–H groups in total. The smallest absolute Gasteiger partial charge is 0.0981 e. The van der Waals surface area contributed by atoms with Crippen molar-refractivity contribution in [3.8, 4) is 0 Å². The number of nitrogens with two attached hydrogens (primary N) is 1. The SMILES string of the molecule is Nc1cc(Cl)c(NCC2COCCO2)c(Cl)c1. The van der Waals surface area contributed by atoms with Crippen molar-refractivity contribution < 1.29 is 9.47 Å². The molecule has 1 atom stereocenters. The Bertz CT molecular complexity index is 372. The zero-order valence-corrected chi connectivity index (χ0v) is 10.7. The molecule has 1 fully saturated rings. The summed E-state index contributed by atoms with van der Waals surface area (Å²) in [5.74, 6) is 0. The summed E-state index contributed by atoms with van der Waals surface area (Å²) in [5, 5.41) is 4.17. The van der Waals surface area contributed by atoms with E-state index in [1.54, 1.807) is 12.1 Å². The molecule has 6 heteroatoms. The van der Waals surface area contributed by atoms with Crippen LogP contribution in [-0.2, 0) is 9.47 Å². The van der Waals surface area contributed by atoms with Crippen LogP contribution in [0.1, 0.15) is 0 Å². The first kappa shape index (κ1) is 12.8. The maximum Gasteiger partial charge on any atom is 0.0981 e. The van der Waals surface area contributed by atoms with E-state index in [0.29, 0.717) is 47.8 Å². The molecule has 2 rings (SSSR count). The number of nitrogens with one attached hydrogen (secondary N) is 1. The minimum absolute atomic E-state index is 0.0217. The monoisotopic (exact) mass is 276 g/mol. The molecule has 0 radical (unpaired) electrons. The Morgan fingerprint density at radius 2 is 2.00 bits per heavy atom. The molecule has 1 aliphatic rings. The van der Waals surface area contributed by atoms with E-state index in [1.165, 1.54) is 0 Å². The predicted octanol–water partition coefficient (Wildman–Crippen LogP) is 2.40. The van der Waals surface area contributed by atoms with Gasteiger partial charge in [-0.05, 0) is 12.1 Å². The minimum atomic E-state index is 0.0217. The summed E-state index contributed by atoms with van der Waals surface area (Å²) in [6, 6.07) is 3.32. The lowest BCUT2D eigenvalue weighted by Gasteiger charge is -2.24. The molecule has 1 aromatic rings. The maximum absolute atomic E-state index is 6.05. The molecule has 1 aliphatic heterocycles. The molecule has 17 heavy (non-hydrogen) atoms. The standard InChI is InChI=1S/C11H14Cl2N2O2/c12-9-3-7(14)4-10(13)11(9)15-5-8-6-16-1-2-17-8/h3-4,8,15H,1-2,5-6,14H2. The van der Waals surface area contributed by atoms with Crippen molar-refractivity contribution in [3.63, 3.8) is 0 Å². The van der Waals surface area contributed by atoms with Gasteiger partial charge < -0.3 is 20.5 Å². The fourth-order valence-electron chi connectivity index (χ4n) is 1.63. The first-order valence-corrected chi connectivity index (χ1v) is 6.10. The van der Waals surface area contributed by atoms with Crippen molar-refractivity contribution in [3.05, 3.63) is 22.2 Å². The highest BCUT2D eigenvalue weighted by atomic mass is 35.5. The summed E-state index contributed by atoms with van der Waals surface area (Å²) in [7, 11) is 0. The Hall–Kier alpha value is -0.680. The molecule has 1 saturated heterocycles. The molecular formula is C11H14Cl2N2O2. The van der Waals surface area contributed by atoms with Crippen LogP contribution in [0.25, 0.3) is 0 Å². The fourth-order valence-corrected chi connectivity index (χ4v) is 2.27. The summed E-state index contributed by atoms with van der Waals surface area (Å²) in [6.07, 6.45) is 0.0217. The average molecular weight is 277 g/mol. The minimum Gasteiger partial charge on any atom is -0.399 e. The highest BCUT2D eigenvalue weighted by Gasteiger charge is 2.15. The Labute approximate surface area is 110 Å². The van der Waals surface area contributed by atoms with Crippen LogP contribution < -0.4 is 11.1 Å². The van der Waals surface area contributed by atoms with Gasteiger partial charge in [0.05, 0.1) is 41.7 Å². The molecule has 1 heterocycles. The van der Waals surface area contributed by atoms with Gasteiger partial charge in [0.25, 0.3) is 0 Å². The number of hydrogen-bond donors (Lipinski definition) is 2. The van der Waals surface area contributed by atoms with Gasteiger partial charge in [-0.2, -0.15) is 0 Å². The summed E-state index contributed by atoms with van der Waals surface area (Å²) in [6.45, 7) is 2.45. The van der Waals surface area contributed by atoms with Crippen LogP contribution in [0.3, 0.4) is 0 Å². The van der Waals surface area contributed by atoms with Crippen molar-refractivity contribution in [2.24, 2.45) is 0 Å². The average Bonchev–Trinajstić information content (AvgIpc) is 2.29. The second kappa shape index (κ2) is 5.78. The van der Waals surface area contributed by atoms with Crippen LogP contribution in [0.15, 0.2) is 12.1 Å². The van der Waals surface area contributed by atoms with Crippen molar-refractivity contribution in [1.82, 2.24) is 0 Å². The van der Waals surface area contributed by atoms with Crippen LogP contribution in [-0.4, -0.2) is 32.5 Å². The van der Waals surface area contributed by atoms with Crippen molar-refractivity contribution >= 4 is 34.6 Å². The quantitative estimate of drug-likeness (QED) is 0.833. The molecule has 0 aliphatic carbocycles. The number of rotatable bonds is 3. The van der Waals surface area contributed by atoms with E-state index in [1.807, 2.05) is 0 Å². The number of halogens is 2. The van der Waals surface area contributed by atoms with E-state index in [2.05, 4.69) is 5.32 Å². The van der Waals surface area contributed by atoms with Crippen LogP contribution in [0, 0.1) is 0 Å². The third-order valence-corrected chi connectivity index (χ3v) is 3.05. The van der Waals surface area contributed by atoms with E-state index >= 15 is 0 Å². The largest absolute Gasteiger partial charge is 0.399 e.